The summed E-state index contributed by atoms with van der Waals surface area (Å²) in [6.45, 7) is -3.08. The van der Waals surface area contributed by atoms with E-state index in [0.29, 0.717) is 5.56 Å². The third-order valence-electron chi connectivity index (χ3n) is 2.08. The van der Waals surface area contributed by atoms with Crippen LogP contribution in [-0.2, 0) is 10.1 Å². The molecule has 0 spiro atoms. The molecule has 0 bridgehead atoms. The molecule has 1 aromatic rings. The summed E-state index contributed by atoms with van der Waals surface area (Å²) in [7, 11) is 1.17. The normalized spacial score (nSPS) is 10.0. The first-order valence-electron chi connectivity index (χ1n) is 4.69. The van der Waals surface area contributed by atoms with Gasteiger partial charge < -0.3 is 9.47 Å². The van der Waals surface area contributed by atoms with Gasteiger partial charge in [-0.05, 0) is 17.7 Å². The minimum Gasteiger partial charge on any atom is -0.465 e. The number of methoxy groups -OCH3 is 1. The molecule has 7 heteroatoms. The first-order valence-corrected chi connectivity index (χ1v) is 5.81. The molecule has 0 heterocycles. The summed E-state index contributed by atoms with van der Waals surface area (Å²) in [5.74, 6) is -1.04. The van der Waals surface area contributed by atoms with Crippen LogP contribution in [0.2, 0.25) is 0 Å². The summed E-state index contributed by atoms with van der Waals surface area (Å²) in [6, 6.07) is 4.21. The Morgan fingerprint density at radius 2 is 2.22 bits per heavy atom. The van der Waals surface area contributed by atoms with Gasteiger partial charge in [-0.2, -0.15) is 14.0 Å². The van der Waals surface area contributed by atoms with E-state index in [4.69, 9.17) is 5.26 Å². The highest BCUT2D eigenvalue weighted by molar-refractivity contribution is 9.08. The zero-order valence-corrected chi connectivity index (χ0v) is 10.8. The highest BCUT2D eigenvalue weighted by Crippen LogP contribution is 2.27. The number of benzene rings is 1. The molecule has 18 heavy (non-hydrogen) atoms. The number of esters is 1. The Kier molecular flexibility index (Phi) is 5.04. The average Bonchev–Trinajstić information content (AvgIpc) is 2.35. The highest BCUT2D eigenvalue weighted by atomic mass is 79.9. The van der Waals surface area contributed by atoms with Gasteiger partial charge in [0, 0.05) is 5.33 Å². The molecule has 0 aliphatic rings. The predicted molar refractivity (Wildman–Crippen MR) is 61.8 cm³/mol. The SMILES string of the molecule is COC(=O)c1cc(CBr)c(C#N)c(OC(F)F)c1. The second kappa shape index (κ2) is 6.31. The van der Waals surface area contributed by atoms with Crippen molar-refractivity contribution in [3.63, 3.8) is 0 Å². The fourth-order valence-electron chi connectivity index (χ4n) is 1.33. The predicted octanol–water partition coefficient (Wildman–Crippen LogP) is 2.84. The molecule has 0 atom stereocenters. The van der Waals surface area contributed by atoms with E-state index >= 15 is 0 Å². The van der Waals surface area contributed by atoms with Gasteiger partial charge in [0.2, 0.25) is 0 Å². The van der Waals surface area contributed by atoms with E-state index in [1.807, 2.05) is 0 Å². The van der Waals surface area contributed by atoms with Crippen LogP contribution in [0.5, 0.6) is 5.75 Å². The lowest BCUT2D eigenvalue weighted by molar-refractivity contribution is -0.0501. The van der Waals surface area contributed by atoms with Gasteiger partial charge in [-0.3, -0.25) is 0 Å². The Morgan fingerprint density at radius 1 is 1.56 bits per heavy atom. The van der Waals surface area contributed by atoms with E-state index in [0.717, 1.165) is 6.07 Å². The number of alkyl halides is 3. The number of rotatable bonds is 4. The molecule has 1 rings (SSSR count). The Morgan fingerprint density at radius 3 is 2.67 bits per heavy atom. The van der Waals surface area contributed by atoms with Crippen molar-refractivity contribution < 1.29 is 23.0 Å². The molecular weight excluding hydrogens is 312 g/mol. The maximum atomic E-state index is 12.2. The van der Waals surface area contributed by atoms with Crippen LogP contribution in [-0.4, -0.2) is 19.7 Å². The van der Waals surface area contributed by atoms with Crippen LogP contribution < -0.4 is 4.74 Å². The average molecular weight is 320 g/mol. The van der Waals surface area contributed by atoms with Crippen molar-refractivity contribution in [1.29, 1.82) is 5.26 Å². The fraction of sp³-hybridized carbons (Fsp3) is 0.273. The zero-order chi connectivity index (χ0) is 13.7. The maximum Gasteiger partial charge on any atom is 0.387 e. The Bertz CT molecular complexity index is 500. The van der Waals surface area contributed by atoms with Gasteiger partial charge in [-0.15, -0.1) is 0 Å². The summed E-state index contributed by atoms with van der Waals surface area (Å²) in [4.78, 5) is 11.4. The summed E-state index contributed by atoms with van der Waals surface area (Å²) in [6.07, 6.45) is 0. The first kappa shape index (κ1) is 14.4. The molecule has 1 aromatic carbocycles. The molecule has 0 saturated heterocycles. The topological polar surface area (TPSA) is 59.3 Å². The molecule has 0 aliphatic heterocycles. The van der Waals surface area contributed by atoms with E-state index in [9.17, 15) is 13.6 Å². The monoisotopic (exact) mass is 319 g/mol. The van der Waals surface area contributed by atoms with Crippen LogP contribution in [0.15, 0.2) is 12.1 Å². The van der Waals surface area contributed by atoms with Crippen molar-refractivity contribution in [3.05, 3.63) is 28.8 Å². The van der Waals surface area contributed by atoms with Crippen molar-refractivity contribution in [2.45, 2.75) is 11.9 Å². The summed E-state index contributed by atoms with van der Waals surface area (Å²) >= 11 is 3.11. The number of nitriles is 1. The lowest BCUT2D eigenvalue weighted by atomic mass is 10.0. The number of ether oxygens (including phenoxy) is 2. The molecule has 0 aliphatic carbocycles. The van der Waals surface area contributed by atoms with Crippen molar-refractivity contribution in [2.24, 2.45) is 0 Å². The van der Waals surface area contributed by atoms with Gasteiger partial charge in [0.05, 0.1) is 18.2 Å². The number of hydrogen-bond donors (Lipinski definition) is 0. The molecule has 4 nitrogen and oxygen atoms in total. The van der Waals surface area contributed by atoms with E-state index in [2.05, 4.69) is 25.4 Å². The Labute approximate surface area is 110 Å². The molecule has 0 unspecified atom stereocenters. The number of halogens is 3. The standard InChI is InChI=1S/C11H8BrF2NO3/c1-17-10(16)6-2-7(4-12)8(5-15)9(3-6)18-11(13)14/h2-3,11H,4H2,1H3. The quantitative estimate of drug-likeness (QED) is 0.632. The minimum atomic E-state index is -3.08. The number of nitrogens with zero attached hydrogens (tertiary/aromatic N) is 1. The van der Waals surface area contributed by atoms with Crippen LogP contribution >= 0.6 is 15.9 Å². The Balaban J connectivity index is 3.36. The van der Waals surface area contributed by atoms with E-state index < -0.39 is 12.6 Å². The molecule has 96 valence electrons. The molecule has 0 radical (unpaired) electrons. The summed E-state index contributed by atoms with van der Waals surface area (Å²) < 4.78 is 33.2. The van der Waals surface area contributed by atoms with Gasteiger partial charge in [0.1, 0.15) is 11.8 Å². The van der Waals surface area contributed by atoms with Crippen LogP contribution in [0.4, 0.5) is 8.78 Å². The van der Waals surface area contributed by atoms with Gasteiger partial charge in [0.15, 0.2) is 0 Å². The van der Waals surface area contributed by atoms with Crippen molar-refractivity contribution in [3.8, 4) is 11.8 Å². The molecule has 0 amide bonds. The third kappa shape index (κ3) is 3.17. The zero-order valence-electron chi connectivity index (χ0n) is 9.25. The second-order valence-electron chi connectivity index (χ2n) is 3.12. The number of carbonyl (C=O) groups is 1. The van der Waals surface area contributed by atoms with Gasteiger partial charge in [-0.25, -0.2) is 4.79 Å². The van der Waals surface area contributed by atoms with Crippen LogP contribution in [0.25, 0.3) is 0 Å². The van der Waals surface area contributed by atoms with E-state index in [-0.39, 0.29) is 22.2 Å². The van der Waals surface area contributed by atoms with Gasteiger partial charge >= 0.3 is 12.6 Å². The lowest BCUT2D eigenvalue weighted by Gasteiger charge is -2.11. The summed E-state index contributed by atoms with van der Waals surface area (Å²) in [5, 5.41) is 9.14. The molecule has 0 aromatic heterocycles. The number of carbonyl (C=O) groups excluding carboxylic acids is 1. The highest BCUT2D eigenvalue weighted by Gasteiger charge is 2.18. The van der Waals surface area contributed by atoms with Crippen LogP contribution in [0.1, 0.15) is 21.5 Å². The largest absolute Gasteiger partial charge is 0.465 e. The Hall–Kier alpha value is -1.68. The third-order valence-corrected chi connectivity index (χ3v) is 2.68. The van der Waals surface area contributed by atoms with Crippen molar-refractivity contribution in [2.75, 3.05) is 7.11 Å². The van der Waals surface area contributed by atoms with Crippen molar-refractivity contribution in [1.82, 2.24) is 0 Å². The maximum absolute atomic E-state index is 12.2. The van der Waals surface area contributed by atoms with Gasteiger partial charge in [-0.1, -0.05) is 15.9 Å². The van der Waals surface area contributed by atoms with Crippen LogP contribution in [0.3, 0.4) is 0 Å². The number of hydrogen-bond acceptors (Lipinski definition) is 4. The molecule has 0 saturated carbocycles. The molecule has 0 N–H and O–H groups in total. The molecule has 0 fully saturated rings. The lowest BCUT2D eigenvalue weighted by Crippen LogP contribution is -2.08. The fourth-order valence-corrected chi connectivity index (χ4v) is 1.77. The summed E-state index contributed by atoms with van der Waals surface area (Å²) in [5.41, 5.74) is 0.373. The van der Waals surface area contributed by atoms with E-state index in [1.165, 1.54) is 13.2 Å². The van der Waals surface area contributed by atoms with Crippen molar-refractivity contribution >= 4 is 21.9 Å². The van der Waals surface area contributed by atoms with Gasteiger partial charge in [0.25, 0.3) is 0 Å². The van der Waals surface area contributed by atoms with Crippen LogP contribution in [0, 0.1) is 11.3 Å². The first-order chi connectivity index (χ1) is 8.53. The smallest absolute Gasteiger partial charge is 0.387 e. The second-order valence-corrected chi connectivity index (χ2v) is 3.68. The minimum absolute atomic E-state index is 0.0418. The molecular formula is C11H8BrF2NO3. The van der Waals surface area contributed by atoms with E-state index in [1.54, 1.807) is 6.07 Å².